The summed E-state index contributed by atoms with van der Waals surface area (Å²) in [5.74, 6) is -0.171. The van der Waals surface area contributed by atoms with Gasteiger partial charge in [0.25, 0.3) is 0 Å². The first-order chi connectivity index (χ1) is 9.01. The van der Waals surface area contributed by atoms with Gasteiger partial charge in [-0.2, -0.15) is 0 Å². The number of rotatable bonds is 5. The average molecular weight is 328 g/mol. The zero-order valence-corrected chi connectivity index (χ0v) is 13.7. The lowest BCUT2D eigenvalue weighted by atomic mass is 9.72. The van der Waals surface area contributed by atoms with E-state index in [1.54, 1.807) is 6.07 Å². The van der Waals surface area contributed by atoms with Crippen molar-refractivity contribution in [3.05, 3.63) is 28.0 Å². The highest BCUT2D eigenvalue weighted by molar-refractivity contribution is 9.10. The molecule has 0 aromatic heterocycles. The summed E-state index contributed by atoms with van der Waals surface area (Å²) >= 11 is 3.29. The molecule has 0 saturated carbocycles. The van der Waals surface area contributed by atoms with E-state index < -0.39 is 0 Å². The molecule has 1 aromatic rings. The molecule has 1 aliphatic heterocycles. The minimum atomic E-state index is -0.171. The van der Waals surface area contributed by atoms with Gasteiger partial charge in [-0.1, -0.05) is 26.7 Å². The second kappa shape index (κ2) is 5.82. The van der Waals surface area contributed by atoms with Gasteiger partial charge in [-0.3, -0.25) is 0 Å². The van der Waals surface area contributed by atoms with Crippen molar-refractivity contribution in [1.29, 1.82) is 0 Å². The molecule has 0 radical (unpaired) electrons. The Labute approximate surface area is 124 Å². The van der Waals surface area contributed by atoms with Gasteiger partial charge in [-0.05, 0) is 53.4 Å². The minimum Gasteiger partial charge on any atom is -0.370 e. The fourth-order valence-electron chi connectivity index (χ4n) is 3.41. The standard InChI is InChI=1S/C16H23BrFN/c1-4-6-16(7-5-2)10-19(11-16)15-9-13(17)14(18)8-12(15)3/h8-9H,4-7,10-11H2,1-3H3. The quantitative estimate of drug-likeness (QED) is 0.709. The molecule has 1 fully saturated rings. The van der Waals surface area contributed by atoms with E-state index in [0.717, 1.165) is 18.7 Å². The summed E-state index contributed by atoms with van der Waals surface area (Å²) in [6.45, 7) is 8.76. The van der Waals surface area contributed by atoms with E-state index in [0.29, 0.717) is 9.89 Å². The summed E-state index contributed by atoms with van der Waals surface area (Å²) < 4.78 is 14.0. The summed E-state index contributed by atoms with van der Waals surface area (Å²) in [6, 6.07) is 3.55. The third-order valence-corrected chi connectivity index (χ3v) is 4.80. The van der Waals surface area contributed by atoms with Crippen molar-refractivity contribution >= 4 is 21.6 Å². The molecule has 0 amide bonds. The molecule has 1 nitrogen and oxygen atoms in total. The van der Waals surface area contributed by atoms with Crippen LogP contribution in [0.15, 0.2) is 16.6 Å². The maximum Gasteiger partial charge on any atom is 0.137 e. The highest BCUT2D eigenvalue weighted by Gasteiger charge is 2.41. The van der Waals surface area contributed by atoms with Crippen molar-refractivity contribution in [3.63, 3.8) is 0 Å². The van der Waals surface area contributed by atoms with Gasteiger partial charge < -0.3 is 4.90 Å². The van der Waals surface area contributed by atoms with E-state index in [2.05, 4.69) is 34.7 Å². The molecular formula is C16H23BrFN. The molecule has 3 heteroatoms. The normalized spacial score (nSPS) is 17.4. The van der Waals surface area contributed by atoms with Crippen LogP contribution in [0.2, 0.25) is 0 Å². The van der Waals surface area contributed by atoms with E-state index in [4.69, 9.17) is 0 Å². The van der Waals surface area contributed by atoms with Crippen molar-refractivity contribution in [2.24, 2.45) is 5.41 Å². The van der Waals surface area contributed by atoms with Gasteiger partial charge in [0, 0.05) is 24.2 Å². The van der Waals surface area contributed by atoms with Crippen LogP contribution >= 0.6 is 15.9 Å². The topological polar surface area (TPSA) is 3.24 Å². The number of hydrogen-bond acceptors (Lipinski definition) is 1. The molecule has 0 bridgehead atoms. The van der Waals surface area contributed by atoms with Gasteiger partial charge in [0.15, 0.2) is 0 Å². The van der Waals surface area contributed by atoms with Crippen LogP contribution in [0.1, 0.15) is 45.1 Å². The number of hydrogen-bond donors (Lipinski definition) is 0. The van der Waals surface area contributed by atoms with Gasteiger partial charge in [-0.15, -0.1) is 0 Å². The van der Waals surface area contributed by atoms with Crippen molar-refractivity contribution in [3.8, 4) is 0 Å². The summed E-state index contributed by atoms with van der Waals surface area (Å²) in [4.78, 5) is 2.39. The smallest absolute Gasteiger partial charge is 0.137 e. The van der Waals surface area contributed by atoms with Crippen molar-refractivity contribution in [2.75, 3.05) is 18.0 Å². The van der Waals surface area contributed by atoms with Crippen LogP contribution in [0, 0.1) is 18.2 Å². The van der Waals surface area contributed by atoms with E-state index in [1.807, 2.05) is 13.0 Å². The van der Waals surface area contributed by atoms with Gasteiger partial charge >= 0.3 is 0 Å². The molecule has 0 atom stereocenters. The Bertz CT molecular complexity index is 444. The van der Waals surface area contributed by atoms with Crippen molar-refractivity contribution in [1.82, 2.24) is 0 Å². The Balaban J connectivity index is 2.13. The first-order valence-electron chi connectivity index (χ1n) is 7.22. The van der Waals surface area contributed by atoms with Gasteiger partial charge in [0.05, 0.1) is 4.47 Å². The van der Waals surface area contributed by atoms with Gasteiger partial charge in [0.2, 0.25) is 0 Å². The van der Waals surface area contributed by atoms with Gasteiger partial charge in [0.1, 0.15) is 5.82 Å². The Morgan fingerprint density at radius 3 is 2.32 bits per heavy atom. The number of nitrogens with zero attached hydrogens (tertiary/aromatic N) is 1. The fourth-order valence-corrected chi connectivity index (χ4v) is 3.74. The first kappa shape index (κ1) is 14.8. The number of aryl methyl sites for hydroxylation is 1. The Kier molecular flexibility index (Phi) is 4.54. The lowest BCUT2D eigenvalue weighted by Gasteiger charge is -2.52. The molecule has 0 aliphatic carbocycles. The summed E-state index contributed by atoms with van der Waals surface area (Å²) in [5.41, 5.74) is 2.70. The zero-order valence-electron chi connectivity index (χ0n) is 12.1. The molecule has 1 saturated heterocycles. The zero-order chi connectivity index (χ0) is 14.0. The molecule has 2 rings (SSSR count). The van der Waals surface area contributed by atoms with Crippen LogP contribution in [0.3, 0.4) is 0 Å². The van der Waals surface area contributed by atoms with Crippen molar-refractivity contribution in [2.45, 2.75) is 46.5 Å². The maximum absolute atomic E-state index is 13.5. The average Bonchev–Trinajstić information content (AvgIpc) is 2.31. The molecular weight excluding hydrogens is 305 g/mol. The van der Waals surface area contributed by atoms with E-state index in [-0.39, 0.29) is 5.82 Å². The predicted octanol–water partition coefficient (Wildman–Crippen LogP) is 5.30. The van der Waals surface area contributed by atoms with Crippen molar-refractivity contribution < 1.29 is 4.39 Å². The van der Waals surface area contributed by atoms with Crippen LogP contribution in [0.4, 0.5) is 10.1 Å². The van der Waals surface area contributed by atoms with Crippen LogP contribution in [-0.2, 0) is 0 Å². The second-order valence-corrected chi connectivity index (χ2v) is 6.76. The molecule has 106 valence electrons. The minimum absolute atomic E-state index is 0.171. The number of benzene rings is 1. The largest absolute Gasteiger partial charge is 0.370 e. The molecule has 19 heavy (non-hydrogen) atoms. The summed E-state index contributed by atoms with van der Waals surface area (Å²) in [6.07, 6.45) is 5.11. The number of anilines is 1. The van der Waals surface area contributed by atoms with Crippen LogP contribution in [0.25, 0.3) is 0 Å². The Morgan fingerprint density at radius 2 is 1.79 bits per heavy atom. The van der Waals surface area contributed by atoms with Gasteiger partial charge in [-0.25, -0.2) is 4.39 Å². The SMILES string of the molecule is CCCC1(CCC)CN(c2cc(Br)c(F)cc2C)C1. The summed E-state index contributed by atoms with van der Waals surface area (Å²) in [7, 11) is 0. The van der Waals surface area contributed by atoms with E-state index >= 15 is 0 Å². The van der Waals surface area contributed by atoms with E-state index in [1.165, 1.54) is 31.4 Å². The molecule has 0 unspecified atom stereocenters. The third-order valence-electron chi connectivity index (χ3n) is 4.19. The lowest BCUT2D eigenvalue weighted by Crippen LogP contribution is -2.56. The maximum atomic E-state index is 13.5. The highest BCUT2D eigenvalue weighted by atomic mass is 79.9. The highest BCUT2D eigenvalue weighted by Crippen LogP contribution is 2.43. The molecule has 1 aliphatic rings. The molecule has 1 aromatic carbocycles. The van der Waals surface area contributed by atoms with Crippen LogP contribution < -0.4 is 4.90 Å². The van der Waals surface area contributed by atoms with Crippen LogP contribution in [-0.4, -0.2) is 13.1 Å². The number of halogens is 2. The Morgan fingerprint density at radius 1 is 1.21 bits per heavy atom. The van der Waals surface area contributed by atoms with E-state index in [9.17, 15) is 4.39 Å². The first-order valence-corrected chi connectivity index (χ1v) is 8.01. The Hall–Kier alpha value is -0.570. The molecule has 1 heterocycles. The molecule has 0 N–H and O–H groups in total. The lowest BCUT2D eigenvalue weighted by molar-refractivity contribution is 0.173. The molecule has 0 spiro atoms. The second-order valence-electron chi connectivity index (χ2n) is 5.91. The predicted molar refractivity (Wildman–Crippen MR) is 83.3 cm³/mol. The van der Waals surface area contributed by atoms with Crippen LogP contribution in [0.5, 0.6) is 0 Å². The fraction of sp³-hybridized carbons (Fsp3) is 0.625. The summed E-state index contributed by atoms with van der Waals surface area (Å²) in [5, 5.41) is 0. The monoisotopic (exact) mass is 327 g/mol. The third kappa shape index (κ3) is 2.96.